The Bertz CT molecular complexity index is 328. The molecule has 0 aliphatic rings. The van der Waals surface area contributed by atoms with Gasteiger partial charge < -0.3 is 4.74 Å². The Balaban J connectivity index is 2.66. The van der Waals surface area contributed by atoms with E-state index < -0.39 is 0 Å². The van der Waals surface area contributed by atoms with Crippen molar-refractivity contribution in [1.82, 2.24) is 5.43 Å². The molecule has 3 heteroatoms. The normalized spacial score (nSPS) is 14.4. The third-order valence-electron chi connectivity index (χ3n) is 3.28. The van der Waals surface area contributed by atoms with Crippen molar-refractivity contribution in [3.05, 3.63) is 29.8 Å². The Labute approximate surface area is 104 Å². The standard InChI is InChI=1S/C14H24N2O/c1-4-11(2)9-13(16-15)10-12-7-5-6-8-14(12)17-3/h5-8,11,13,16H,4,9-10,15H2,1-3H3. The zero-order valence-electron chi connectivity index (χ0n) is 11.1. The molecule has 0 aromatic heterocycles. The van der Waals surface area contributed by atoms with Crippen LogP contribution in [0.25, 0.3) is 0 Å². The van der Waals surface area contributed by atoms with Gasteiger partial charge in [0.1, 0.15) is 5.75 Å². The zero-order chi connectivity index (χ0) is 12.7. The van der Waals surface area contributed by atoms with Crippen molar-refractivity contribution in [1.29, 1.82) is 0 Å². The van der Waals surface area contributed by atoms with Crippen LogP contribution in [0.15, 0.2) is 24.3 Å². The van der Waals surface area contributed by atoms with Gasteiger partial charge in [-0.25, -0.2) is 0 Å². The Kier molecular flexibility index (Phi) is 6.01. The van der Waals surface area contributed by atoms with Crippen LogP contribution >= 0.6 is 0 Å². The molecule has 0 amide bonds. The van der Waals surface area contributed by atoms with Gasteiger partial charge in [-0.15, -0.1) is 0 Å². The van der Waals surface area contributed by atoms with E-state index in [0.29, 0.717) is 12.0 Å². The number of nitrogens with two attached hydrogens (primary N) is 1. The Hall–Kier alpha value is -1.06. The van der Waals surface area contributed by atoms with Crippen molar-refractivity contribution in [3.8, 4) is 5.75 Å². The molecule has 2 atom stereocenters. The van der Waals surface area contributed by atoms with Crippen LogP contribution in [0.1, 0.15) is 32.3 Å². The van der Waals surface area contributed by atoms with Gasteiger partial charge in [0.05, 0.1) is 7.11 Å². The smallest absolute Gasteiger partial charge is 0.122 e. The minimum absolute atomic E-state index is 0.307. The van der Waals surface area contributed by atoms with E-state index in [9.17, 15) is 0 Å². The first kappa shape index (κ1) is 14.0. The summed E-state index contributed by atoms with van der Waals surface area (Å²) in [6.07, 6.45) is 3.18. The van der Waals surface area contributed by atoms with Crippen LogP contribution in [-0.2, 0) is 6.42 Å². The third kappa shape index (κ3) is 4.36. The molecule has 1 rings (SSSR count). The van der Waals surface area contributed by atoms with Crippen molar-refractivity contribution in [2.75, 3.05) is 7.11 Å². The summed E-state index contributed by atoms with van der Waals surface area (Å²) in [5.41, 5.74) is 4.12. The number of hydrogen-bond acceptors (Lipinski definition) is 3. The van der Waals surface area contributed by atoms with Gasteiger partial charge in [-0.3, -0.25) is 11.3 Å². The third-order valence-corrected chi connectivity index (χ3v) is 3.28. The summed E-state index contributed by atoms with van der Waals surface area (Å²) in [6, 6.07) is 8.42. The summed E-state index contributed by atoms with van der Waals surface area (Å²) in [5.74, 6) is 7.25. The van der Waals surface area contributed by atoms with Gasteiger partial charge in [0.15, 0.2) is 0 Å². The monoisotopic (exact) mass is 236 g/mol. The molecule has 3 nitrogen and oxygen atoms in total. The summed E-state index contributed by atoms with van der Waals surface area (Å²) >= 11 is 0. The summed E-state index contributed by atoms with van der Waals surface area (Å²) in [6.45, 7) is 4.47. The minimum Gasteiger partial charge on any atom is -0.496 e. The SMILES string of the molecule is CCC(C)CC(Cc1ccccc1OC)NN. The second-order valence-corrected chi connectivity index (χ2v) is 4.63. The van der Waals surface area contributed by atoms with Crippen LogP contribution in [0, 0.1) is 5.92 Å². The molecule has 0 heterocycles. The van der Waals surface area contributed by atoms with Crippen LogP contribution < -0.4 is 16.0 Å². The van der Waals surface area contributed by atoms with Crippen molar-refractivity contribution in [2.24, 2.45) is 11.8 Å². The molecular formula is C14H24N2O. The molecule has 0 fully saturated rings. The molecule has 0 radical (unpaired) electrons. The second kappa shape index (κ2) is 7.30. The van der Waals surface area contributed by atoms with Gasteiger partial charge in [-0.05, 0) is 30.4 Å². The maximum absolute atomic E-state index is 5.62. The Morgan fingerprint density at radius 2 is 2.06 bits per heavy atom. The van der Waals surface area contributed by atoms with E-state index in [1.165, 1.54) is 12.0 Å². The molecule has 0 saturated carbocycles. The molecule has 96 valence electrons. The number of ether oxygens (including phenoxy) is 1. The van der Waals surface area contributed by atoms with E-state index >= 15 is 0 Å². The lowest BCUT2D eigenvalue weighted by Crippen LogP contribution is -2.38. The number of hydrazine groups is 1. The molecule has 17 heavy (non-hydrogen) atoms. The van der Waals surface area contributed by atoms with Crippen molar-refractivity contribution >= 4 is 0 Å². The van der Waals surface area contributed by atoms with Crippen molar-refractivity contribution in [3.63, 3.8) is 0 Å². The second-order valence-electron chi connectivity index (χ2n) is 4.63. The van der Waals surface area contributed by atoms with Crippen LogP contribution in [0.4, 0.5) is 0 Å². The van der Waals surface area contributed by atoms with Gasteiger partial charge in [0, 0.05) is 6.04 Å². The quantitative estimate of drug-likeness (QED) is 0.565. The van der Waals surface area contributed by atoms with Gasteiger partial charge in [0.2, 0.25) is 0 Å². The van der Waals surface area contributed by atoms with Crippen LogP contribution in [0.2, 0.25) is 0 Å². The molecule has 0 bridgehead atoms. The lowest BCUT2D eigenvalue weighted by molar-refractivity contribution is 0.381. The fourth-order valence-electron chi connectivity index (χ4n) is 2.00. The Morgan fingerprint density at radius 3 is 2.65 bits per heavy atom. The van der Waals surface area contributed by atoms with E-state index in [2.05, 4.69) is 25.3 Å². The lowest BCUT2D eigenvalue weighted by Gasteiger charge is -2.20. The zero-order valence-corrected chi connectivity index (χ0v) is 11.1. The van der Waals surface area contributed by atoms with E-state index in [-0.39, 0.29) is 0 Å². The highest BCUT2D eigenvalue weighted by Gasteiger charge is 2.13. The average molecular weight is 236 g/mol. The van der Waals surface area contributed by atoms with Crippen LogP contribution in [0.5, 0.6) is 5.75 Å². The lowest BCUT2D eigenvalue weighted by atomic mass is 9.95. The number of nitrogens with one attached hydrogen (secondary N) is 1. The fourth-order valence-corrected chi connectivity index (χ4v) is 2.00. The van der Waals surface area contributed by atoms with Crippen molar-refractivity contribution < 1.29 is 4.74 Å². The number of benzene rings is 1. The highest BCUT2D eigenvalue weighted by atomic mass is 16.5. The summed E-state index contributed by atoms with van der Waals surface area (Å²) < 4.78 is 5.35. The molecule has 3 N–H and O–H groups in total. The van der Waals surface area contributed by atoms with E-state index in [0.717, 1.165) is 18.6 Å². The van der Waals surface area contributed by atoms with Gasteiger partial charge in [-0.1, -0.05) is 38.5 Å². The topological polar surface area (TPSA) is 47.3 Å². The van der Waals surface area contributed by atoms with E-state index in [1.54, 1.807) is 7.11 Å². The van der Waals surface area contributed by atoms with Crippen molar-refractivity contribution in [2.45, 2.75) is 39.2 Å². The molecule has 1 aromatic carbocycles. The predicted octanol–water partition coefficient (Wildman–Crippen LogP) is 2.51. The largest absolute Gasteiger partial charge is 0.496 e. The number of methoxy groups -OCH3 is 1. The highest BCUT2D eigenvalue weighted by molar-refractivity contribution is 5.33. The van der Waals surface area contributed by atoms with E-state index in [4.69, 9.17) is 10.6 Å². The molecule has 0 aliphatic carbocycles. The molecular weight excluding hydrogens is 212 g/mol. The number of para-hydroxylation sites is 1. The first-order valence-corrected chi connectivity index (χ1v) is 6.29. The molecule has 2 unspecified atom stereocenters. The minimum atomic E-state index is 0.307. The average Bonchev–Trinajstić information content (AvgIpc) is 2.38. The fraction of sp³-hybridized carbons (Fsp3) is 0.571. The molecule has 0 spiro atoms. The van der Waals surface area contributed by atoms with Crippen LogP contribution in [0.3, 0.4) is 0 Å². The molecule has 0 saturated heterocycles. The Morgan fingerprint density at radius 1 is 1.35 bits per heavy atom. The maximum atomic E-state index is 5.62. The van der Waals surface area contributed by atoms with Gasteiger partial charge >= 0.3 is 0 Å². The number of rotatable bonds is 7. The number of hydrogen-bond donors (Lipinski definition) is 2. The summed E-state index contributed by atoms with van der Waals surface area (Å²) in [5, 5.41) is 0. The maximum Gasteiger partial charge on any atom is 0.122 e. The molecule has 1 aromatic rings. The predicted molar refractivity (Wildman–Crippen MR) is 71.9 cm³/mol. The highest BCUT2D eigenvalue weighted by Crippen LogP contribution is 2.21. The van der Waals surface area contributed by atoms with E-state index in [1.807, 2.05) is 18.2 Å². The summed E-state index contributed by atoms with van der Waals surface area (Å²) in [4.78, 5) is 0. The molecule has 0 aliphatic heterocycles. The van der Waals surface area contributed by atoms with Crippen LogP contribution in [-0.4, -0.2) is 13.2 Å². The van der Waals surface area contributed by atoms with Gasteiger partial charge in [0.25, 0.3) is 0 Å². The van der Waals surface area contributed by atoms with Gasteiger partial charge in [-0.2, -0.15) is 0 Å². The first-order valence-electron chi connectivity index (χ1n) is 6.29. The summed E-state index contributed by atoms with van der Waals surface area (Å²) in [7, 11) is 1.71. The first-order chi connectivity index (χ1) is 8.21.